The highest BCUT2D eigenvalue weighted by molar-refractivity contribution is 7.03. The van der Waals surface area contributed by atoms with E-state index in [1.54, 1.807) is 10.3 Å². The fraction of sp³-hybridized carbons (Fsp3) is 0.500. The van der Waals surface area contributed by atoms with Gasteiger partial charge in [-0.05, 0) is 30.3 Å². The highest BCUT2D eigenvalue weighted by atomic mass is 32.1. The molecule has 1 aliphatic carbocycles. The van der Waals surface area contributed by atoms with Crippen LogP contribution in [0, 0.1) is 5.92 Å². The van der Waals surface area contributed by atoms with E-state index < -0.39 is 0 Å². The van der Waals surface area contributed by atoms with E-state index in [2.05, 4.69) is 25.1 Å². The van der Waals surface area contributed by atoms with Gasteiger partial charge in [0.15, 0.2) is 11.4 Å². The van der Waals surface area contributed by atoms with Crippen molar-refractivity contribution in [3.05, 3.63) is 28.0 Å². The average molecular weight is 332 g/mol. The van der Waals surface area contributed by atoms with Crippen molar-refractivity contribution in [2.45, 2.75) is 25.8 Å². The zero-order valence-electron chi connectivity index (χ0n) is 12.4. The Morgan fingerprint density at radius 2 is 2.30 bits per heavy atom. The van der Waals surface area contributed by atoms with Crippen LogP contribution in [-0.2, 0) is 13.0 Å². The molecule has 0 saturated heterocycles. The molecule has 1 saturated carbocycles. The second-order valence-corrected chi connectivity index (χ2v) is 6.56. The average Bonchev–Trinajstić information content (AvgIpc) is 3.08. The molecule has 9 heteroatoms. The van der Waals surface area contributed by atoms with E-state index in [9.17, 15) is 9.59 Å². The second kappa shape index (κ2) is 5.73. The molecular weight excluding hydrogens is 316 g/mol. The Kier molecular flexibility index (Phi) is 3.56. The Balaban J connectivity index is 1.50. The van der Waals surface area contributed by atoms with Gasteiger partial charge in [-0.3, -0.25) is 14.7 Å². The predicted octanol–water partition coefficient (Wildman–Crippen LogP) is 0.599. The third-order valence-electron chi connectivity index (χ3n) is 4.26. The minimum absolute atomic E-state index is 0.157. The summed E-state index contributed by atoms with van der Waals surface area (Å²) < 4.78 is 3.73. The van der Waals surface area contributed by atoms with Crippen LogP contribution >= 0.6 is 11.5 Å². The summed E-state index contributed by atoms with van der Waals surface area (Å²) in [6.07, 6.45) is 3.02. The van der Waals surface area contributed by atoms with Crippen molar-refractivity contribution in [1.82, 2.24) is 30.0 Å². The number of carbonyl (C=O) groups is 2. The fourth-order valence-corrected chi connectivity index (χ4v) is 3.15. The SMILES string of the molecule is O=C(NCC1CC1)c1n[nH]c2c1CN(C(=O)c1csnn1)CC2. The molecule has 0 spiro atoms. The molecule has 2 aromatic heterocycles. The van der Waals surface area contributed by atoms with Gasteiger partial charge >= 0.3 is 0 Å². The minimum Gasteiger partial charge on any atom is -0.350 e. The van der Waals surface area contributed by atoms with Crippen molar-refractivity contribution in [3.63, 3.8) is 0 Å². The summed E-state index contributed by atoms with van der Waals surface area (Å²) in [6, 6.07) is 0. The van der Waals surface area contributed by atoms with Gasteiger partial charge in [0.2, 0.25) is 0 Å². The van der Waals surface area contributed by atoms with Crippen LogP contribution in [0.25, 0.3) is 0 Å². The van der Waals surface area contributed by atoms with E-state index in [1.807, 2.05) is 0 Å². The summed E-state index contributed by atoms with van der Waals surface area (Å²) in [6.45, 7) is 1.65. The van der Waals surface area contributed by atoms with Gasteiger partial charge in [-0.15, -0.1) is 5.10 Å². The molecule has 1 aliphatic heterocycles. The van der Waals surface area contributed by atoms with Gasteiger partial charge in [-0.2, -0.15) is 5.10 Å². The smallest absolute Gasteiger partial charge is 0.275 e. The molecule has 0 aromatic carbocycles. The summed E-state index contributed by atoms with van der Waals surface area (Å²) in [5.74, 6) is 0.290. The van der Waals surface area contributed by atoms with Crippen LogP contribution in [0.4, 0.5) is 0 Å². The maximum atomic E-state index is 12.4. The number of aromatic amines is 1. The van der Waals surface area contributed by atoms with Crippen LogP contribution in [0.1, 0.15) is 45.1 Å². The lowest BCUT2D eigenvalue weighted by molar-refractivity contribution is 0.0725. The molecule has 0 radical (unpaired) electrons. The maximum Gasteiger partial charge on any atom is 0.275 e. The third-order valence-corrected chi connectivity index (χ3v) is 4.77. The van der Waals surface area contributed by atoms with Gasteiger partial charge in [-0.25, -0.2) is 0 Å². The molecule has 0 atom stereocenters. The van der Waals surface area contributed by atoms with Crippen molar-refractivity contribution in [2.24, 2.45) is 5.92 Å². The van der Waals surface area contributed by atoms with Gasteiger partial charge in [0, 0.05) is 36.1 Å². The van der Waals surface area contributed by atoms with E-state index in [0.717, 1.165) is 22.8 Å². The van der Waals surface area contributed by atoms with Crippen molar-refractivity contribution in [1.29, 1.82) is 0 Å². The fourth-order valence-electron chi connectivity index (χ4n) is 2.72. The minimum atomic E-state index is -0.168. The van der Waals surface area contributed by atoms with Crippen molar-refractivity contribution in [3.8, 4) is 0 Å². The summed E-state index contributed by atoms with van der Waals surface area (Å²) in [5, 5.41) is 15.5. The number of amides is 2. The Bertz CT molecular complexity index is 737. The third kappa shape index (κ3) is 2.83. The molecule has 8 nitrogen and oxygen atoms in total. The molecule has 0 unspecified atom stereocenters. The molecule has 4 rings (SSSR count). The first kappa shape index (κ1) is 14.3. The molecule has 2 amide bonds. The van der Waals surface area contributed by atoms with E-state index >= 15 is 0 Å². The Morgan fingerprint density at radius 1 is 1.43 bits per heavy atom. The Morgan fingerprint density at radius 3 is 3.04 bits per heavy atom. The number of fused-ring (bicyclic) bond motifs is 1. The number of hydrogen-bond acceptors (Lipinski definition) is 6. The first-order valence-electron chi connectivity index (χ1n) is 7.63. The van der Waals surface area contributed by atoms with Crippen LogP contribution in [0.5, 0.6) is 0 Å². The summed E-state index contributed by atoms with van der Waals surface area (Å²) in [7, 11) is 0. The quantitative estimate of drug-likeness (QED) is 0.853. The first-order chi connectivity index (χ1) is 11.2. The number of hydrogen-bond donors (Lipinski definition) is 2. The van der Waals surface area contributed by atoms with Gasteiger partial charge in [0.25, 0.3) is 11.8 Å². The number of carbonyl (C=O) groups excluding carboxylic acids is 2. The zero-order valence-corrected chi connectivity index (χ0v) is 13.2. The Labute approximate surface area is 136 Å². The van der Waals surface area contributed by atoms with E-state index in [-0.39, 0.29) is 11.8 Å². The lowest BCUT2D eigenvalue weighted by Crippen LogP contribution is -2.37. The molecule has 23 heavy (non-hydrogen) atoms. The van der Waals surface area contributed by atoms with Gasteiger partial charge in [0.1, 0.15) is 0 Å². The molecule has 3 heterocycles. The number of nitrogens with zero attached hydrogens (tertiary/aromatic N) is 4. The highest BCUT2D eigenvalue weighted by Gasteiger charge is 2.30. The molecule has 2 aliphatic rings. The molecule has 0 bridgehead atoms. The van der Waals surface area contributed by atoms with Crippen LogP contribution in [-0.4, -0.2) is 49.6 Å². The van der Waals surface area contributed by atoms with Crippen LogP contribution < -0.4 is 5.32 Å². The summed E-state index contributed by atoms with van der Waals surface area (Å²) in [5.41, 5.74) is 2.49. The Hall–Kier alpha value is -2.29. The number of rotatable bonds is 4. The topological polar surface area (TPSA) is 104 Å². The summed E-state index contributed by atoms with van der Waals surface area (Å²) >= 11 is 1.15. The van der Waals surface area contributed by atoms with Crippen LogP contribution in [0.15, 0.2) is 5.38 Å². The number of nitrogens with one attached hydrogen (secondary N) is 2. The van der Waals surface area contributed by atoms with E-state index in [1.165, 1.54) is 12.8 Å². The van der Waals surface area contributed by atoms with Crippen molar-refractivity contribution >= 4 is 23.3 Å². The molecular formula is C14H16N6O2S. The van der Waals surface area contributed by atoms with Crippen molar-refractivity contribution in [2.75, 3.05) is 13.1 Å². The van der Waals surface area contributed by atoms with Crippen LogP contribution in [0.2, 0.25) is 0 Å². The summed E-state index contributed by atoms with van der Waals surface area (Å²) in [4.78, 5) is 26.4. The number of H-pyrrole nitrogens is 1. The standard InChI is InChI=1S/C14H16N6O2S/c21-13(15-5-8-1-2-8)12-9-6-20(4-3-10(9)16-18-12)14(22)11-7-23-19-17-11/h7-8H,1-6H2,(H,15,21)(H,16,18). The molecule has 2 N–H and O–H groups in total. The largest absolute Gasteiger partial charge is 0.350 e. The molecule has 120 valence electrons. The second-order valence-electron chi connectivity index (χ2n) is 5.95. The normalized spacial score (nSPS) is 17.0. The monoisotopic (exact) mass is 332 g/mol. The lowest BCUT2D eigenvalue weighted by atomic mass is 10.0. The molecule has 1 fully saturated rings. The predicted molar refractivity (Wildman–Crippen MR) is 82.0 cm³/mol. The number of aromatic nitrogens is 4. The van der Waals surface area contributed by atoms with Crippen molar-refractivity contribution < 1.29 is 9.59 Å². The van der Waals surface area contributed by atoms with Gasteiger partial charge < -0.3 is 10.2 Å². The van der Waals surface area contributed by atoms with Gasteiger partial charge in [0.05, 0.1) is 6.54 Å². The first-order valence-corrected chi connectivity index (χ1v) is 8.46. The molecule has 2 aromatic rings. The zero-order chi connectivity index (χ0) is 15.8. The van der Waals surface area contributed by atoms with Crippen LogP contribution in [0.3, 0.4) is 0 Å². The van der Waals surface area contributed by atoms with E-state index in [4.69, 9.17) is 0 Å². The maximum absolute atomic E-state index is 12.4. The highest BCUT2D eigenvalue weighted by Crippen LogP contribution is 2.28. The van der Waals surface area contributed by atoms with Gasteiger partial charge in [-0.1, -0.05) is 4.49 Å². The lowest BCUT2D eigenvalue weighted by Gasteiger charge is -2.26. The van der Waals surface area contributed by atoms with E-state index in [0.29, 0.717) is 43.4 Å².